The Kier molecular flexibility index (Phi) is 6.44. The minimum atomic E-state index is -0.137. The predicted octanol–water partition coefficient (Wildman–Crippen LogP) is 1.93. The first-order valence-corrected chi connectivity index (χ1v) is 10.2. The highest BCUT2D eigenvalue weighted by Gasteiger charge is 2.26. The van der Waals surface area contributed by atoms with Crippen LogP contribution in [-0.2, 0) is 29.0 Å². The smallest absolute Gasteiger partial charge is 0.268 e. The fourth-order valence-corrected chi connectivity index (χ4v) is 4.59. The Bertz CT molecular complexity index is 820. The molecule has 1 aliphatic heterocycles. The number of thioether (sulfide) groups is 2. The van der Waals surface area contributed by atoms with Crippen molar-refractivity contribution in [1.29, 1.82) is 0 Å². The largest absolute Gasteiger partial charge is 0.467 e. The number of fused-ring (bicyclic) bond motifs is 1. The molecule has 0 unspecified atom stereocenters. The van der Waals surface area contributed by atoms with Gasteiger partial charge >= 0.3 is 0 Å². The number of carbonyl (C=O) groups excluding carboxylic acids is 1. The molecule has 2 aromatic rings. The number of nitrogens with zero attached hydrogens (tertiary/aromatic N) is 2. The van der Waals surface area contributed by atoms with E-state index in [1.54, 1.807) is 41.8 Å². The topological polar surface area (TPSA) is 86.4 Å². The highest BCUT2D eigenvalue weighted by molar-refractivity contribution is 8.00. The average molecular weight is 396 g/mol. The van der Waals surface area contributed by atoms with Gasteiger partial charge < -0.3 is 14.5 Å². The summed E-state index contributed by atoms with van der Waals surface area (Å²) in [5.74, 6) is 0.742. The van der Waals surface area contributed by atoms with Gasteiger partial charge in [0.15, 0.2) is 5.16 Å². The van der Waals surface area contributed by atoms with Crippen LogP contribution in [0.15, 0.2) is 37.7 Å². The van der Waals surface area contributed by atoms with E-state index in [0.717, 1.165) is 17.0 Å². The summed E-state index contributed by atoms with van der Waals surface area (Å²) in [6, 6.07) is 3.58. The second-order valence-corrected chi connectivity index (χ2v) is 8.29. The van der Waals surface area contributed by atoms with E-state index < -0.39 is 0 Å². The molecule has 26 heavy (non-hydrogen) atoms. The lowest BCUT2D eigenvalue weighted by Gasteiger charge is -2.13. The van der Waals surface area contributed by atoms with Gasteiger partial charge in [0.1, 0.15) is 5.76 Å². The molecule has 1 amide bonds. The number of methoxy groups -OCH3 is 1. The zero-order valence-corrected chi connectivity index (χ0v) is 16.3. The van der Waals surface area contributed by atoms with Crippen LogP contribution in [0.5, 0.6) is 0 Å². The number of aromatic nitrogens is 2. The maximum Gasteiger partial charge on any atom is 0.268 e. The second-order valence-electron chi connectivity index (χ2n) is 5.90. The van der Waals surface area contributed by atoms with Crippen LogP contribution in [0.2, 0.25) is 0 Å². The van der Waals surface area contributed by atoms with E-state index >= 15 is 0 Å². The zero-order chi connectivity index (χ0) is 18.5. The molecular weight excluding hydrogens is 374 g/mol. The Morgan fingerprint density at radius 1 is 1.58 bits per heavy atom. The van der Waals surface area contributed by atoms with Gasteiger partial charge in [-0.1, -0.05) is 18.7 Å². The summed E-state index contributed by atoms with van der Waals surface area (Å²) in [6.07, 6.45) is 2.34. The molecule has 0 saturated heterocycles. The molecule has 0 aromatic carbocycles. The highest BCUT2D eigenvalue weighted by Crippen LogP contribution is 2.34. The van der Waals surface area contributed by atoms with Crippen molar-refractivity contribution in [2.75, 3.05) is 19.5 Å². The fourth-order valence-electron chi connectivity index (χ4n) is 2.60. The third-order valence-electron chi connectivity index (χ3n) is 3.85. The van der Waals surface area contributed by atoms with Gasteiger partial charge in [-0.15, -0.1) is 11.8 Å². The van der Waals surface area contributed by atoms with Crippen molar-refractivity contribution >= 4 is 29.4 Å². The second kappa shape index (κ2) is 8.79. The number of hydrogen-bond donors (Lipinski definition) is 1. The standard InChI is InChI=1S/C17H21N3O4S2/c1-11-8-13-15(26-11)16(22)20(5-7-23-2)17(19-13)25-10-14(21)18-9-12-4-3-6-24-12/h3-4,6,11H,5,7-10H2,1-2H3,(H,18,21)/t11-/m1/s1. The first-order chi connectivity index (χ1) is 12.6. The van der Waals surface area contributed by atoms with E-state index in [0.29, 0.717) is 35.9 Å². The van der Waals surface area contributed by atoms with Crippen LogP contribution in [-0.4, -0.2) is 40.2 Å². The number of nitrogens with one attached hydrogen (secondary N) is 1. The molecule has 3 heterocycles. The number of carbonyl (C=O) groups is 1. The lowest BCUT2D eigenvalue weighted by atomic mass is 10.2. The lowest BCUT2D eigenvalue weighted by molar-refractivity contribution is -0.118. The first kappa shape index (κ1) is 19.1. The number of hydrogen-bond acceptors (Lipinski definition) is 7. The van der Waals surface area contributed by atoms with E-state index in [-0.39, 0.29) is 17.2 Å². The molecule has 0 spiro atoms. The fraction of sp³-hybridized carbons (Fsp3) is 0.471. The van der Waals surface area contributed by atoms with Crippen molar-refractivity contribution in [1.82, 2.24) is 14.9 Å². The lowest BCUT2D eigenvalue weighted by Crippen LogP contribution is -2.28. The molecule has 0 fully saturated rings. The van der Waals surface area contributed by atoms with E-state index in [1.807, 2.05) is 0 Å². The van der Waals surface area contributed by atoms with Crippen LogP contribution in [0.25, 0.3) is 0 Å². The summed E-state index contributed by atoms with van der Waals surface area (Å²) in [4.78, 5) is 30.2. The predicted molar refractivity (Wildman–Crippen MR) is 101 cm³/mol. The SMILES string of the molecule is COCCn1c(SCC(=O)NCc2ccco2)nc2c(c1=O)S[C@H](C)C2. The van der Waals surface area contributed by atoms with Crippen molar-refractivity contribution in [2.45, 2.75) is 41.7 Å². The number of rotatable bonds is 8. The molecule has 1 atom stereocenters. The third kappa shape index (κ3) is 4.52. The van der Waals surface area contributed by atoms with E-state index in [1.165, 1.54) is 11.8 Å². The summed E-state index contributed by atoms with van der Waals surface area (Å²) in [5, 5.41) is 3.70. The molecule has 3 rings (SSSR count). The minimum Gasteiger partial charge on any atom is -0.467 e. The number of furan rings is 1. The van der Waals surface area contributed by atoms with E-state index in [4.69, 9.17) is 9.15 Å². The molecule has 1 N–H and O–H groups in total. The Morgan fingerprint density at radius 2 is 2.42 bits per heavy atom. The third-order valence-corrected chi connectivity index (χ3v) is 6.05. The molecule has 0 radical (unpaired) electrons. The molecular formula is C17H21N3O4S2. The zero-order valence-electron chi connectivity index (χ0n) is 14.7. The van der Waals surface area contributed by atoms with Crippen molar-refractivity contribution in [2.24, 2.45) is 0 Å². The maximum atomic E-state index is 12.8. The Labute approximate surface area is 159 Å². The molecule has 0 bridgehead atoms. The van der Waals surface area contributed by atoms with Crippen LogP contribution >= 0.6 is 23.5 Å². The number of amides is 1. The molecule has 2 aromatic heterocycles. The summed E-state index contributed by atoms with van der Waals surface area (Å²) < 4.78 is 11.9. The normalized spacial score (nSPS) is 15.8. The molecule has 7 nitrogen and oxygen atoms in total. The number of ether oxygens (including phenoxy) is 1. The van der Waals surface area contributed by atoms with Gasteiger partial charge in [-0.25, -0.2) is 4.98 Å². The van der Waals surface area contributed by atoms with Crippen LogP contribution < -0.4 is 10.9 Å². The average Bonchev–Trinajstić information content (AvgIpc) is 3.26. The Balaban J connectivity index is 1.69. The highest BCUT2D eigenvalue weighted by atomic mass is 32.2. The first-order valence-electron chi connectivity index (χ1n) is 8.29. The molecule has 1 aliphatic rings. The summed E-state index contributed by atoms with van der Waals surface area (Å²) in [6.45, 7) is 3.26. The maximum absolute atomic E-state index is 12.8. The summed E-state index contributed by atoms with van der Waals surface area (Å²) in [7, 11) is 1.59. The van der Waals surface area contributed by atoms with Gasteiger partial charge in [-0.05, 0) is 12.1 Å². The monoisotopic (exact) mass is 395 g/mol. The molecule has 9 heteroatoms. The Morgan fingerprint density at radius 3 is 3.15 bits per heavy atom. The molecule has 0 saturated carbocycles. The van der Waals surface area contributed by atoms with Crippen molar-refractivity contribution in [3.8, 4) is 0 Å². The van der Waals surface area contributed by atoms with Gasteiger partial charge in [-0.2, -0.15) is 0 Å². The summed E-state index contributed by atoms with van der Waals surface area (Å²) in [5.41, 5.74) is 0.791. The minimum absolute atomic E-state index is 0.0418. The van der Waals surface area contributed by atoms with Gasteiger partial charge in [0, 0.05) is 18.8 Å². The van der Waals surface area contributed by atoms with E-state index in [2.05, 4.69) is 17.2 Å². The van der Waals surface area contributed by atoms with Crippen LogP contribution in [0.4, 0.5) is 0 Å². The van der Waals surface area contributed by atoms with Gasteiger partial charge in [0.25, 0.3) is 5.56 Å². The molecule has 140 valence electrons. The van der Waals surface area contributed by atoms with Gasteiger partial charge in [-0.3, -0.25) is 14.2 Å². The quantitative estimate of drug-likeness (QED) is 0.540. The van der Waals surface area contributed by atoms with Gasteiger partial charge in [0.05, 0.1) is 42.3 Å². The Hall–Kier alpha value is -1.71. The van der Waals surface area contributed by atoms with Crippen molar-refractivity contribution < 1.29 is 13.9 Å². The van der Waals surface area contributed by atoms with Crippen LogP contribution in [0.3, 0.4) is 0 Å². The molecule has 0 aliphatic carbocycles. The van der Waals surface area contributed by atoms with Crippen LogP contribution in [0, 0.1) is 0 Å². The van der Waals surface area contributed by atoms with E-state index in [9.17, 15) is 9.59 Å². The van der Waals surface area contributed by atoms with Crippen molar-refractivity contribution in [3.05, 3.63) is 40.2 Å². The van der Waals surface area contributed by atoms with Gasteiger partial charge in [0.2, 0.25) is 5.91 Å². The van der Waals surface area contributed by atoms with Crippen LogP contribution in [0.1, 0.15) is 18.4 Å². The summed E-state index contributed by atoms with van der Waals surface area (Å²) >= 11 is 2.84. The van der Waals surface area contributed by atoms with Crippen molar-refractivity contribution in [3.63, 3.8) is 0 Å².